The number of hydrogen-bond acceptors (Lipinski definition) is 5. The monoisotopic (exact) mass is 436 g/mol. The van der Waals surface area contributed by atoms with Gasteiger partial charge < -0.3 is 14.8 Å². The summed E-state index contributed by atoms with van der Waals surface area (Å²) in [7, 11) is -2.01. The van der Waals surface area contributed by atoms with E-state index in [4.69, 9.17) is 9.47 Å². The van der Waals surface area contributed by atoms with Crippen molar-refractivity contribution in [2.24, 2.45) is 0 Å². The number of nitrogens with one attached hydrogen (secondary N) is 1. The number of methoxy groups -OCH3 is 1. The first-order valence-electron chi connectivity index (χ1n) is 9.97. The fourth-order valence-electron chi connectivity index (χ4n) is 3.37. The van der Waals surface area contributed by atoms with Gasteiger partial charge in [-0.25, -0.2) is 12.4 Å². The second kappa shape index (κ2) is 9.24. The first-order valence-corrected chi connectivity index (χ1v) is 11.4. The highest BCUT2D eigenvalue weighted by molar-refractivity contribution is 7.90. The third kappa shape index (κ3) is 4.57. The maximum absolute atomic E-state index is 13.0. The van der Waals surface area contributed by atoms with E-state index >= 15 is 0 Å². The smallest absolute Gasteiger partial charge is 0.268 e. The molecule has 0 aliphatic rings. The highest BCUT2D eigenvalue weighted by Gasteiger charge is 2.19. The van der Waals surface area contributed by atoms with Crippen molar-refractivity contribution >= 4 is 20.9 Å². The zero-order chi connectivity index (χ0) is 21.7. The van der Waals surface area contributed by atoms with Gasteiger partial charge in [-0.15, -0.1) is 0 Å². The molecule has 0 amide bonds. The van der Waals surface area contributed by atoms with Crippen LogP contribution in [0.15, 0.2) is 90.0 Å². The zero-order valence-corrected chi connectivity index (χ0v) is 18.0. The Morgan fingerprint density at radius 1 is 0.903 bits per heavy atom. The molecule has 4 aromatic rings. The molecule has 0 atom stereocenters. The number of nitrogens with zero attached hydrogens (tertiary/aromatic N) is 1. The molecule has 0 radical (unpaired) electrons. The van der Waals surface area contributed by atoms with Gasteiger partial charge in [0.1, 0.15) is 18.1 Å². The number of ether oxygens (including phenoxy) is 2. The van der Waals surface area contributed by atoms with Crippen LogP contribution in [-0.4, -0.2) is 32.7 Å². The Hall–Kier alpha value is -3.29. The van der Waals surface area contributed by atoms with E-state index in [0.29, 0.717) is 24.4 Å². The van der Waals surface area contributed by atoms with Crippen LogP contribution in [0, 0.1) is 0 Å². The molecule has 0 saturated heterocycles. The fraction of sp³-hybridized carbons (Fsp3) is 0.167. The first kappa shape index (κ1) is 21.0. The molecule has 1 heterocycles. The molecule has 0 saturated carbocycles. The van der Waals surface area contributed by atoms with E-state index in [0.717, 1.165) is 23.2 Å². The summed E-state index contributed by atoms with van der Waals surface area (Å²) in [5.41, 5.74) is 1.75. The number of aromatic nitrogens is 1. The van der Waals surface area contributed by atoms with Crippen molar-refractivity contribution in [1.82, 2.24) is 9.29 Å². The lowest BCUT2D eigenvalue weighted by atomic mass is 10.2. The maximum Gasteiger partial charge on any atom is 0.268 e. The minimum absolute atomic E-state index is 0.251. The van der Waals surface area contributed by atoms with Crippen molar-refractivity contribution in [2.75, 3.05) is 20.3 Å². The summed E-state index contributed by atoms with van der Waals surface area (Å²) in [6, 6.07) is 23.5. The topological polar surface area (TPSA) is 69.6 Å². The lowest BCUT2D eigenvalue weighted by Crippen LogP contribution is -2.20. The molecule has 160 valence electrons. The molecule has 0 aliphatic heterocycles. The minimum Gasteiger partial charge on any atom is -0.497 e. The van der Waals surface area contributed by atoms with Crippen LogP contribution >= 0.6 is 0 Å². The van der Waals surface area contributed by atoms with Crippen LogP contribution in [0.4, 0.5) is 0 Å². The molecule has 0 unspecified atom stereocenters. The normalized spacial score (nSPS) is 11.5. The van der Waals surface area contributed by atoms with Crippen molar-refractivity contribution in [2.45, 2.75) is 11.4 Å². The van der Waals surface area contributed by atoms with E-state index in [9.17, 15) is 8.42 Å². The van der Waals surface area contributed by atoms with Crippen LogP contribution in [0.2, 0.25) is 0 Å². The molecule has 0 bridgehead atoms. The predicted molar refractivity (Wildman–Crippen MR) is 121 cm³/mol. The molecular weight excluding hydrogens is 412 g/mol. The Labute approximate surface area is 182 Å². The Bertz CT molecular complexity index is 1250. The van der Waals surface area contributed by atoms with Gasteiger partial charge in [-0.05, 0) is 48.0 Å². The zero-order valence-electron chi connectivity index (χ0n) is 17.2. The van der Waals surface area contributed by atoms with Gasteiger partial charge in [-0.1, -0.05) is 36.4 Å². The summed E-state index contributed by atoms with van der Waals surface area (Å²) in [6.45, 7) is 1.85. The third-order valence-corrected chi connectivity index (χ3v) is 6.69. The lowest BCUT2D eigenvalue weighted by Gasteiger charge is -2.11. The fourth-order valence-corrected chi connectivity index (χ4v) is 4.73. The van der Waals surface area contributed by atoms with Crippen molar-refractivity contribution < 1.29 is 17.9 Å². The summed E-state index contributed by atoms with van der Waals surface area (Å²) in [5, 5.41) is 4.10. The molecular formula is C24H24N2O4S. The summed E-state index contributed by atoms with van der Waals surface area (Å²) in [4.78, 5) is 0.251. The number of benzene rings is 3. The third-order valence-electron chi connectivity index (χ3n) is 4.98. The van der Waals surface area contributed by atoms with Crippen molar-refractivity contribution in [1.29, 1.82) is 0 Å². The van der Waals surface area contributed by atoms with Gasteiger partial charge in [0, 0.05) is 24.7 Å². The average molecular weight is 437 g/mol. The summed E-state index contributed by atoms with van der Waals surface area (Å²) in [5.74, 6) is 1.49. The summed E-state index contributed by atoms with van der Waals surface area (Å²) >= 11 is 0. The molecule has 1 aromatic heterocycles. The maximum atomic E-state index is 13.0. The minimum atomic E-state index is -3.66. The van der Waals surface area contributed by atoms with Crippen LogP contribution in [0.5, 0.6) is 11.5 Å². The summed E-state index contributed by atoms with van der Waals surface area (Å²) < 4.78 is 38.4. The van der Waals surface area contributed by atoms with Crippen LogP contribution in [0.1, 0.15) is 5.56 Å². The molecule has 4 rings (SSSR count). The SMILES string of the molecule is COc1ccc(CNCCOc2cccc3c2ccn3S(=O)(=O)c2ccccc2)cc1. The largest absolute Gasteiger partial charge is 0.497 e. The van der Waals surface area contributed by atoms with Gasteiger partial charge in [-0.3, -0.25) is 0 Å². The van der Waals surface area contributed by atoms with Crippen LogP contribution < -0.4 is 14.8 Å². The average Bonchev–Trinajstić information content (AvgIpc) is 3.26. The number of hydrogen-bond donors (Lipinski definition) is 1. The molecule has 6 nitrogen and oxygen atoms in total. The van der Waals surface area contributed by atoms with Gasteiger partial charge in [0.15, 0.2) is 0 Å². The van der Waals surface area contributed by atoms with Crippen molar-refractivity contribution in [3.8, 4) is 11.5 Å². The molecule has 0 spiro atoms. The first-order chi connectivity index (χ1) is 15.1. The van der Waals surface area contributed by atoms with Gasteiger partial charge >= 0.3 is 0 Å². The van der Waals surface area contributed by atoms with E-state index in [-0.39, 0.29) is 4.90 Å². The van der Waals surface area contributed by atoms with Crippen molar-refractivity contribution in [3.63, 3.8) is 0 Å². The lowest BCUT2D eigenvalue weighted by molar-refractivity contribution is 0.317. The molecule has 7 heteroatoms. The van der Waals surface area contributed by atoms with Gasteiger partial charge in [0.05, 0.1) is 17.5 Å². The van der Waals surface area contributed by atoms with Gasteiger partial charge in [0.25, 0.3) is 10.0 Å². The van der Waals surface area contributed by atoms with E-state index in [1.807, 2.05) is 30.3 Å². The van der Waals surface area contributed by atoms with E-state index in [2.05, 4.69) is 5.32 Å². The molecule has 0 aliphatic carbocycles. The Balaban J connectivity index is 1.41. The Kier molecular flexibility index (Phi) is 6.25. The predicted octanol–water partition coefficient (Wildman–Crippen LogP) is 4.06. The standard InChI is InChI=1S/C24H24N2O4S/c1-29-20-12-10-19(11-13-20)18-25-15-17-30-24-9-5-8-23-22(24)14-16-26(23)31(27,28)21-6-3-2-4-7-21/h2-14,16,25H,15,17-18H2,1H3. The molecule has 3 aromatic carbocycles. The Morgan fingerprint density at radius 3 is 2.42 bits per heavy atom. The van der Waals surface area contributed by atoms with E-state index in [1.54, 1.807) is 61.8 Å². The molecule has 31 heavy (non-hydrogen) atoms. The molecule has 0 fully saturated rings. The van der Waals surface area contributed by atoms with E-state index < -0.39 is 10.0 Å². The second-order valence-corrected chi connectivity index (χ2v) is 8.81. The highest BCUT2D eigenvalue weighted by Crippen LogP contribution is 2.29. The van der Waals surface area contributed by atoms with Gasteiger partial charge in [0.2, 0.25) is 0 Å². The van der Waals surface area contributed by atoms with Crippen LogP contribution in [0.25, 0.3) is 10.9 Å². The van der Waals surface area contributed by atoms with Crippen LogP contribution in [0.3, 0.4) is 0 Å². The number of rotatable bonds is 9. The molecule has 1 N–H and O–H groups in total. The van der Waals surface area contributed by atoms with E-state index in [1.165, 1.54) is 3.97 Å². The number of fused-ring (bicyclic) bond motifs is 1. The second-order valence-electron chi connectivity index (χ2n) is 6.99. The Morgan fingerprint density at radius 2 is 1.68 bits per heavy atom. The highest BCUT2D eigenvalue weighted by atomic mass is 32.2. The summed E-state index contributed by atoms with van der Waals surface area (Å²) in [6.07, 6.45) is 1.57. The van der Waals surface area contributed by atoms with Gasteiger partial charge in [-0.2, -0.15) is 0 Å². The quantitative estimate of drug-likeness (QED) is 0.401. The van der Waals surface area contributed by atoms with Crippen molar-refractivity contribution in [3.05, 3.63) is 90.6 Å². The van der Waals surface area contributed by atoms with Crippen LogP contribution in [-0.2, 0) is 16.6 Å².